The molecule has 0 fully saturated rings. The standard InChI is InChI=1S/C21H17ClF3NO/c22-18-10-8-14(9-11-18)19(26)20(27)15-6-4-13(5-7-15)16-2-1-3-17(12-16)21(23,24)25/h1-12,19-20,27H,26H2/t19-,20+/m0/s1. The fraction of sp³-hybridized carbons (Fsp3) is 0.143. The van der Waals surface area contributed by atoms with Crippen molar-refractivity contribution in [2.75, 3.05) is 0 Å². The quantitative estimate of drug-likeness (QED) is 0.594. The average Bonchev–Trinajstić information content (AvgIpc) is 2.67. The fourth-order valence-electron chi connectivity index (χ4n) is 2.82. The van der Waals surface area contributed by atoms with Crippen LogP contribution in [0, 0.1) is 0 Å². The molecule has 0 unspecified atom stereocenters. The molecule has 3 aromatic rings. The SMILES string of the molecule is N[C@@H](c1ccc(Cl)cc1)[C@H](O)c1ccc(-c2cccc(C(F)(F)F)c2)cc1. The molecule has 3 rings (SSSR count). The van der Waals surface area contributed by atoms with Gasteiger partial charge in [-0.15, -0.1) is 0 Å². The zero-order chi connectivity index (χ0) is 19.6. The third-order valence-electron chi connectivity index (χ3n) is 4.37. The van der Waals surface area contributed by atoms with E-state index in [-0.39, 0.29) is 0 Å². The van der Waals surface area contributed by atoms with Crippen molar-refractivity contribution in [1.29, 1.82) is 0 Å². The Morgan fingerprint density at radius 2 is 1.41 bits per heavy atom. The molecule has 6 heteroatoms. The molecule has 0 aliphatic rings. The molecule has 0 radical (unpaired) electrons. The van der Waals surface area contributed by atoms with Crippen LogP contribution in [0.1, 0.15) is 28.8 Å². The van der Waals surface area contributed by atoms with E-state index in [2.05, 4.69) is 0 Å². The Bertz CT molecular complexity index is 908. The Morgan fingerprint density at radius 1 is 0.815 bits per heavy atom. The average molecular weight is 392 g/mol. The molecule has 0 aromatic heterocycles. The van der Waals surface area contributed by atoms with E-state index in [9.17, 15) is 18.3 Å². The van der Waals surface area contributed by atoms with Crippen molar-refractivity contribution in [2.45, 2.75) is 18.3 Å². The summed E-state index contributed by atoms with van der Waals surface area (Å²) in [6, 6.07) is 18.0. The van der Waals surface area contributed by atoms with Gasteiger partial charge >= 0.3 is 6.18 Å². The van der Waals surface area contributed by atoms with Gasteiger partial charge in [-0.2, -0.15) is 13.2 Å². The Labute approximate surface area is 160 Å². The lowest BCUT2D eigenvalue weighted by Gasteiger charge is -2.20. The highest BCUT2D eigenvalue weighted by atomic mass is 35.5. The zero-order valence-corrected chi connectivity index (χ0v) is 14.9. The van der Waals surface area contributed by atoms with Crippen molar-refractivity contribution >= 4 is 11.6 Å². The van der Waals surface area contributed by atoms with E-state index in [4.69, 9.17) is 17.3 Å². The minimum atomic E-state index is -4.39. The molecule has 2 nitrogen and oxygen atoms in total. The largest absolute Gasteiger partial charge is 0.416 e. The molecule has 0 heterocycles. The molecule has 0 aliphatic carbocycles. The second-order valence-corrected chi connectivity index (χ2v) is 6.66. The Morgan fingerprint density at radius 3 is 2.00 bits per heavy atom. The highest BCUT2D eigenvalue weighted by Gasteiger charge is 2.30. The monoisotopic (exact) mass is 391 g/mol. The highest BCUT2D eigenvalue weighted by molar-refractivity contribution is 6.30. The molecular formula is C21H17ClF3NO. The van der Waals surface area contributed by atoms with Crippen molar-refractivity contribution in [3.8, 4) is 11.1 Å². The van der Waals surface area contributed by atoms with Gasteiger partial charge in [0.2, 0.25) is 0 Å². The van der Waals surface area contributed by atoms with Gasteiger partial charge in [-0.1, -0.05) is 60.1 Å². The maximum atomic E-state index is 12.9. The second-order valence-electron chi connectivity index (χ2n) is 6.22. The van der Waals surface area contributed by atoms with Gasteiger partial charge in [-0.05, 0) is 46.5 Å². The van der Waals surface area contributed by atoms with Gasteiger partial charge in [0.25, 0.3) is 0 Å². The van der Waals surface area contributed by atoms with Crippen LogP contribution in [0.2, 0.25) is 5.02 Å². The highest BCUT2D eigenvalue weighted by Crippen LogP contribution is 2.33. The molecule has 0 spiro atoms. The molecule has 3 N–H and O–H groups in total. The first-order valence-electron chi connectivity index (χ1n) is 8.22. The number of hydrogen-bond donors (Lipinski definition) is 2. The summed E-state index contributed by atoms with van der Waals surface area (Å²) in [6.45, 7) is 0. The lowest BCUT2D eigenvalue weighted by Crippen LogP contribution is -2.19. The van der Waals surface area contributed by atoms with E-state index in [0.29, 0.717) is 21.7 Å². The van der Waals surface area contributed by atoms with Crippen molar-refractivity contribution in [3.63, 3.8) is 0 Å². The molecule has 0 amide bonds. The molecular weight excluding hydrogens is 375 g/mol. The Kier molecular flexibility index (Phi) is 5.56. The van der Waals surface area contributed by atoms with Crippen LogP contribution in [0.5, 0.6) is 0 Å². The zero-order valence-electron chi connectivity index (χ0n) is 14.1. The van der Waals surface area contributed by atoms with Crippen LogP contribution in [-0.4, -0.2) is 5.11 Å². The minimum absolute atomic E-state index is 0.452. The lowest BCUT2D eigenvalue weighted by molar-refractivity contribution is -0.137. The summed E-state index contributed by atoms with van der Waals surface area (Å²) < 4.78 is 38.6. The molecule has 2 atom stereocenters. The maximum Gasteiger partial charge on any atom is 0.416 e. The summed E-state index contributed by atoms with van der Waals surface area (Å²) in [5.41, 5.74) is 7.80. The summed E-state index contributed by atoms with van der Waals surface area (Å²) in [7, 11) is 0. The number of alkyl halides is 3. The first-order valence-corrected chi connectivity index (χ1v) is 8.60. The number of aliphatic hydroxyl groups is 1. The van der Waals surface area contributed by atoms with Gasteiger partial charge in [-0.3, -0.25) is 0 Å². The van der Waals surface area contributed by atoms with Crippen LogP contribution in [0.4, 0.5) is 13.2 Å². The number of nitrogens with two attached hydrogens (primary N) is 1. The van der Waals surface area contributed by atoms with Crippen LogP contribution in [0.15, 0.2) is 72.8 Å². The number of halogens is 4. The topological polar surface area (TPSA) is 46.2 Å². The normalized spacial score (nSPS) is 14.0. The molecule has 0 aliphatic heterocycles. The summed E-state index contributed by atoms with van der Waals surface area (Å²) in [5, 5.41) is 11.1. The predicted molar refractivity (Wildman–Crippen MR) is 100 cm³/mol. The number of rotatable bonds is 4. The Balaban J connectivity index is 1.82. The summed E-state index contributed by atoms with van der Waals surface area (Å²) in [5.74, 6) is 0. The van der Waals surface area contributed by atoms with Gasteiger partial charge in [0.05, 0.1) is 17.7 Å². The smallest absolute Gasteiger partial charge is 0.386 e. The van der Waals surface area contributed by atoms with Gasteiger partial charge in [0.15, 0.2) is 0 Å². The van der Waals surface area contributed by atoms with E-state index in [1.54, 1.807) is 54.6 Å². The van der Waals surface area contributed by atoms with E-state index in [1.165, 1.54) is 6.07 Å². The van der Waals surface area contributed by atoms with Crippen molar-refractivity contribution < 1.29 is 18.3 Å². The van der Waals surface area contributed by atoms with Crippen LogP contribution >= 0.6 is 11.6 Å². The van der Waals surface area contributed by atoms with Crippen LogP contribution < -0.4 is 5.73 Å². The van der Waals surface area contributed by atoms with Crippen molar-refractivity contribution in [1.82, 2.24) is 0 Å². The van der Waals surface area contributed by atoms with E-state index >= 15 is 0 Å². The van der Waals surface area contributed by atoms with E-state index in [0.717, 1.165) is 17.7 Å². The van der Waals surface area contributed by atoms with Crippen LogP contribution in [0.25, 0.3) is 11.1 Å². The van der Waals surface area contributed by atoms with E-state index in [1.807, 2.05) is 0 Å². The van der Waals surface area contributed by atoms with Crippen molar-refractivity contribution in [3.05, 3.63) is 94.5 Å². The molecule has 0 saturated heterocycles. The lowest BCUT2D eigenvalue weighted by atomic mass is 9.94. The number of aliphatic hydroxyl groups excluding tert-OH is 1. The van der Waals surface area contributed by atoms with E-state index < -0.39 is 23.9 Å². The van der Waals surface area contributed by atoms with Gasteiger partial charge in [0, 0.05) is 5.02 Å². The maximum absolute atomic E-state index is 12.9. The molecule has 0 bridgehead atoms. The van der Waals surface area contributed by atoms with Crippen molar-refractivity contribution in [2.24, 2.45) is 5.73 Å². The number of hydrogen-bond acceptors (Lipinski definition) is 2. The van der Waals surface area contributed by atoms with Crippen LogP contribution in [0.3, 0.4) is 0 Å². The van der Waals surface area contributed by atoms with Crippen LogP contribution in [-0.2, 0) is 6.18 Å². The molecule has 3 aromatic carbocycles. The van der Waals surface area contributed by atoms with Gasteiger partial charge in [0.1, 0.15) is 0 Å². The van der Waals surface area contributed by atoms with Gasteiger partial charge < -0.3 is 10.8 Å². The third-order valence-corrected chi connectivity index (χ3v) is 4.62. The third kappa shape index (κ3) is 4.50. The summed E-state index contributed by atoms with van der Waals surface area (Å²) >= 11 is 5.85. The molecule has 140 valence electrons. The number of benzene rings is 3. The first-order chi connectivity index (χ1) is 12.8. The second kappa shape index (κ2) is 7.72. The fourth-order valence-corrected chi connectivity index (χ4v) is 2.95. The summed E-state index contributed by atoms with van der Waals surface area (Å²) in [6.07, 6.45) is -5.35. The predicted octanol–water partition coefficient (Wildman–Crippen LogP) is 5.76. The first kappa shape index (κ1) is 19.4. The molecule has 27 heavy (non-hydrogen) atoms. The minimum Gasteiger partial charge on any atom is -0.386 e. The summed E-state index contributed by atoms with van der Waals surface area (Å²) in [4.78, 5) is 0. The molecule has 0 saturated carbocycles. The van der Waals surface area contributed by atoms with Gasteiger partial charge in [-0.25, -0.2) is 0 Å². The Hall–Kier alpha value is -2.34.